The van der Waals surface area contributed by atoms with Crippen molar-refractivity contribution in [3.05, 3.63) is 34.9 Å². The van der Waals surface area contributed by atoms with Crippen LogP contribution < -0.4 is 5.73 Å². The number of nitrogens with two attached hydrogens (primary N) is 1. The average Bonchev–Trinajstić information content (AvgIpc) is 2.75. The van der Waals surface area contributed by atoms with E-state index in [1.807, 2.05) is 0 Å². The van der Waals surface area contributed by atoms with Crippen LogP contribution in [0.5, 0.6) is 0 Å². The van der Waals surface area contributed by atoms with E-state index in [9.17, 15) is 0 Å². The predicted octanol–water partition coefficient (Wildman–Crippen LogP) is 3.67. The van der Waals surface area contributed by atoms with Gasteiger partial charge in [-0.25, -0.2) is 0 Å². The molecule has 1 atom stereocenters. The predicted molar refractivity (Wildman–Crippen MR) is 69.4 cm³/mol. The highest BCUT2D eigenvalue weighted by molar-refractivity contribution is 5.36. The Bertz CT molecular complexity index is 373. The van der Waals surface area contributed by atoms with Crippen molar-refractivity contribution < 1.29 is 0 Å². The molecule has 0 aromatic heterocycles. The molecular weight excluding hydrogens is 194 g/mol. The zero-order chi connectivity index (χ0) is 11.8. The maximum absolute atomic E-state index is 6.61. The van der Waals surface area contributed by atoms with E-state index in [4.69, 9.17) is 5.73 Å². The van der Waals surface area contributed by atoms with E-state index >= 15 is 0 Å². The smallest absolute Gasteiger partial charge is 0.0412 e. The Morgan fingerprint density at radius 2 is 1.81 bits per heavy atom. The summed E-state index contributed by atoms with van der Waals surface area (Å²) >= 11 is 0. The minimum atomic E-state index is -0.146. The van der Waals surface area contributed by atoms with Crippen LogP contribution in [0.15, 0.2) is 18.2 Å². The van der Waals surface area contributed by atoms with Crippen LogP contribution in [0.4, 0.5) is 0 Å². The molecule has 0 aliphatic heterocycles. The van der Waals surface area contributed by atoms with E-state index < -0.39 is 0 Å². The Labute approximate surface area is 99.0 Å². The molecule has 1 unspecified atom stereocenters. The van der Waals surface area contributed by atoms with E-state index in [1.165, 1.54) is 42.4 Å². The molecule has 2 N–H and O–H groups in total. The SMILES string of the molecule is Cc1ccc(C)c(C(C)(N)C2CCCC2)c1. The molecule has 1 aliphatic rings. The summed E-state index contributed by atoms with van der Waals surface area (Å²) in [7, 11) is 0. The Kier molecular flexibility index (Phi) is 3.07. The van der Waals surface area contributed by atoms with Crippen LogP contribution in [0.1, 0.15) is 49.3 Å². The van der Waals surface area contributed by atoms with Crippen LogP contribution in [-0.4, -0.2) is 0 Å². The van der Waals surface area contributed by atoms with Gasteiger partial charge >= 0.3 is 0 Å². The zero-order valence-corrected chi connectivity index (χ0v) is 10.7. The lowest BCUT2D eigenvalue weighted by molar-refractivity contribution is 0.305. The van der Waals surface area contributed by atoms with Gasteiger partial charge in [-0.3, -0.25) is 0 Å². The molecule has 2 rings (SSSR count). The second-order valence-corrected chi connectivity index (χ2v) is 5.58. The molecule has 0 radical (unpaired) electrons. The van der Waals surface area contributed by atoms with Crippen molar-refractivity contribution in [1.82, 2.24) is 0 Å². The third-order valence-electron chi connectivity index (χ3n) is 4.18. The molecule has 0 saturated heterocycles. The van der Waals surface area contributed by atoms with Gasteiger partial charge in [0.05, 0.1) is 0 Å². The van der Waals surface area contributed by atoms with Gasteiger partial charge in [-0.2, -0.15) is 0 Å². The first-order valence-electron chi connectivity index (χ1n) is 6.38. The van der Waals surface area contributed by atoms with Gasteiger partial charge in [-0.1, -0.05) is 36.6 Å². The number of rotatable bonds is 2. The number of benzene rings is 1. The maximum Gasteiger partial charge on any atom is 0.0412 e. The summed E-state index contributed by atoms with van der Waals surface area (Å²) in [6.07, 6.45) is 5.28. The van der Waals surface area contributed by atoms with Crippen LogP contribution >= 0.6 is 0 Å². The second kappa shape index (κ2) is 4.21. The molecule has 0 amide bonds. The molecule has 0 heterocycles. The summed E-state index contributed by atoms with van der Waals surface area (Å²) < 4.78 is 0. The van der Waals surface area contributed by atoms with Gasteiger partial charge in [0.1, 0.15) is 0 Å². The molecule has 16 heavy (non-hydrogen) atoms. The molecule has 1 nitrogen and oxygen atoms in total. The van der Waals surface area contributed by atoms with E-state index in [2.05, 4.69) is 39.0 Å². The van der Waals surface area contributed by atoms with Crippen molar-refractivity contribution in [2.24, 2.45) is 11.7 Å². The first-order chi connectivity index (χ1) is 7.51. The van der Waals surface area contributed by atoms with Gasteiger partial charge in [0.25, 0.3) is 0 Å². The summed E-state index contributed by atoms with van der Waals surface area (Å²) in [6.45, 7) is 6.53. The molecule has 1 aromatic rings. The maximum atomic E-state index is 6.61. The minimum absolute atomic E-state index is 0.146. The third kappa shape index (κ3) is 2.01. The van der Waals surface area contributed by atoms with Gasteiger partial charge in [0.15, 0.2) is 0 Å². The Balaban J connectivity index is 2.37. The molecule has 1 aliphatic carbocycles. The number of hydrogen-bond acceptors (Lipinski definition) is 1. The van der Waals surface area contributed by atoms with Crippen molar-refractivity contribution in [3.8, 4) is 0 Å². The normalized spacial score (nSPS) is 21.0. The Morgan fingerprint density at radius 3 is 2.44 bits per heavy atom. The number of aryl methyl sites for hydroxylation is 2. The quantitative estimate of drug-likeness (QED) is 0.803. The Morgan fingerprint density at radius 1 is 1.19 bits per heavy atom. The first-order valence-corrected chi connectivity index (χ1v) is 6.38. The molecule has 88 valence electrons. The monoisotopic (exact) mass is 217 g/mol. The molecule has 0 spiro atoms. The van der Waals surface area contributed by atoms with Gasteiger partial charge < -0.3 is 5.73 Å². The van der Waals surface area contributed by atoms with Crippen LogP contribution in [0.3, 0.4) is 0 Å². The topological polar surface area (TPSA) is 26.0 Å². The van der Waals surface area contributed by atoms with Crippen molar-refractivity contribution in [2.45, 2.75) is 52.0 Å². The van der Waals surface area contributed by atoms with Gasteiger partial charge in [0.2, 0.25) is 0 Å². The minimum Gasteiger partial charge on any atom is -0.321 e. The van der Waals surface area contributed by atoms with Crippen molar-refractivity contribution in [3.63, 3.8) is 0 Å². The molecule has 1 saturated carbocycles. The lowest BCUT2D eigenvalue weighted by atomic mass is 9.77. The van der Waals surface area contributed by atoms with Crippen LogP contribution in [0, 0.1) is 19.8 Å². The summed E-state index contributed by atoms with van der Waals surface area (Å²) in [5, 5.41) is 0. The molecule has 1 heteroatoms. The summed E-state index contributed by atoms with van der Waals surface area (Å²) in [4.78, 5) is 0. The van der Waals surface area contributed by atoms with Gasteiger partial charge in [0, 0.05) is 5.54 Å². The highest BCUT2D eigenvalue weighted by atomic mass is 14.8. The zero-order valence-electron chi connectivity index (χ0n) is 10.7. The summed E-state index contributed by atoms with van der Waals surface area (Å²) in [5.74, 6) is 0.660. The van der Waals surface area contributed by atoms with Crippen LogP contribution in [-0.2, 0) is 5.54 Å². The lowest BCUT2D eigenvalue weighted by Crippen LogP contribution is -2.40. The fraction of sp³-hybridized carbons (Fsp3) is 0.600. The first kappa shape index (κ1) is 11.7. The standard InChI is InChI=1S/C15H23N/c1-11-8-9-12(2)14(10-11)15(3,16)13-6-4-5-7-13/h8-10,13H,4-7,16H2,1-3H3. The van der Waals surface area contributed by atoms with Crippen LogP contribution in [0.2, 0.25) is 0 Å². The van der Waals surface area contributed by atoms with Crippen LogP contribution in [0.25, 0.3) is 0 Å². The third-order valence-corrected chi connectivity index (χ3v) is 4.18. The van der Waals surface area contributed by atoms with Crippen molar-refractivity contribution >= 4 is 0 Å². The van der Waals surface area contributed by atoms with Gasteiger partial charge in [-0.05, 0) is 50.7 Å². The fourth-order valence-corrected chi connectivity index (χ4v) is 3.06. The van der Waals surface area contributed by atoms with Gasteiger partial charge in [-0.15, -0.1) is 0 Å². The number of hydrogen-bond donors (Lipinski definition) is 1. The highest BCUT2D eigenvalue weighted by Gasteiger charge is 2.34. The summed E-state index contributed by atoms with van der Waals surface area (Å²) in [5.41, 5.74) is 10.5. The lowest BCUT2D eigenvalue weighted by Gasteiger charge is -2.33. The van der Waals surface area contributed by atoms with E-state index in [0.29, 0.717) is 5.92 Å². The average molecular weight is 217 g/mol. The van der Waals surface area contributed by atoms with E-state index in [0.717, 1.165) is 0 Å². The fourth-order valence-electron chi connectivity index (χ4n) is 3.06. The summed E-state index contributed by atoms with van der Waals surface area (Å²) in [6, 6.07) is 6.64. The molecule has 1 fully saturated rings. The largest absolute Gasteiger partial charge is 0.321 e. The van der Waals surface area contributed by atoms with Crippen molar-refractivity contribution in [1.29, 1.82) is 0 Å². The van der Waals surface area contributed by atoms with E-state index in [1.54, 1.807) is 0 Å². The van der Waals surface area contributed by atoms with Crippen molar-refractivity contribution in [2.75, 3.05) is 0 Å². The second-order valence-electron chi connectivity index (χ2n) is 5.58. The Hall–Kier alpha value is -0.820. The molecule has 0 bridgehead atoms. The molecular formula is C15H23N. The van der Waals surface area contributed by atoms with E-state index in [-0.39, 0.29) is 5.54 Å². The highest BCUT2D eigenvalue weighted by Crippen LogP contribution is 2.39. The molecule has 1 aromatic carbocycles.